The molecule has 0 radical (unpaired) electrons. The Balaban J connectivity index is 2.06. The third-order valence-electron chi connectivity index (χ3n) is 5.19. The van der Waals surface area contributed by atoms with E-state index in [9.17, 15) is 9.59 Å². The lowest BCUT2D eigenvalue weighted by Gasteiger charge is -2.12. The second-order valence-electron chi connectivity index (χ2n) is 6.82. The van der Waals surface area contributed by atoms with Crippen molar-refractivity contribution < 1.29 is 0 Å². The number of fused-ring (bicyclic) bond motifs is 4. The van der Waals surface area contributed by atoms with E-state index in [0.29, 0.717) is 27.1 Å². The van der Waals surface area contributed by atoms with Gasteiger partial charge in [0.2, 0.25) is 0 Å². The fourth-order valence-corrected chi connectivity index (χ4v) is 3.82. The van der Waals surface area contributed by atoms with Gasteiger partial charge < -0.3 is 9.55 Å². The van der Waals surface area contributed by atoms with Crippen LogP contribution in [0.25, 0.3) is 43.6 Å². The lowest BCUT2D eigenvalue weighted by atomic mass is 10.0. The zero-order chi connectivity index (χ0) is 18.0. The maximum Gasteiger partial charge on any atom is 0.197 e. The molecule has 0 aliphatic heterocycles. The van der Waals surface area contributed by atoms with Crippen LogP contribution in [-0.4, -0.2) is 9.55 Å². The predicted molar refractivity (Wildman–Crippen MR) is 107 cm³/mol. The van der Waals surface area contributed by atoms with E-state index in [1.54, 1.807) is 0 Å². The summed E-state index contributed by atoms with van der Waals surface area (Å²) in [5.74, 6) is 0. The van der Waals surface area contributed by atoms with E-state index in [2.05, 4.69) is 4.98 Å². The van der Waals surface area contributed by atoms with E-state index in [-0.39, 0.29) is 10.9 Å². The summed E-state index contributed by atoms with van der Waals surface area (Å²) in [7, 11) is 1.93. The van der Waals surface area contributed by atoms with Gasteiger partial charge in [-0.3, -0.25) is 9.59 Å². The lowest BCUT2D eigenvalue weighted by Crippen LogP contribution is -2.11. The molecule has 0 fully saturated rings. The van der Waals surface area contributed by atoms with Gasteiger partial charge in [0.15, 0.2) is 10.9 Å². The number of hydrogen-bond acceptors (Lipinski definition) is 2. The van der Waals surface area contributed by atoms with Gasteiger partial charge in [0, 0.05) is 34.1 Å². The van der Waals surface area contributed by atoms with Gasteiger partial charge >= 0.3 is 0 Å². The first-order valence-electron chi connectivity index (χ1n) is 8.52. The lowest BCUT2D eigenvalue weighted by molar-refractivity contribution is 1.00. The molecule has 5 aromatic rings. The SMILES string of the molecule is Cc1ccc2c(c1)c(=O)c1cc3[nH]c4ccccc4c(=O)c3cc1n2C. The first kappa shape index (κ1) is 14.9. The Morgan fingerprint density at radius 1 is 0.731 bits per heavy atom. The summed E-state index contributed by atoms with van der Waals surface area (Å²) < 4.78 is 1.99. The summed E-state index contributed by atoms with van der Waals surface area (Å²) in [6.45, 7) is 1.98. The second kappa shape index (κ2) is 5.05. The predicted octanol–water partition coefficient (Wildman–Crippen LogP) is 3.99. The summed E-state index contributed by atoms with van der Waals surface area (Å²) in [6, 6.07) is 17.0. The zero-order valence-corrected chi connectivity index (χ0v) is 14.5. The Bertz CT molecular complexity index is 1490. The van der Waals surface area contributed by atoms with Crippen molar-refractivity contribution in [3.05, 3.63) is 80.6 Å². The Morgan fingerprint density at radius 2 is 1.46 bits per heavy atom. The molecule has 0 amide bonds. The number of rotatable bonds is 0. The number of aromatic amines is 1. The van der Waals surface area contributed by atoms with Crippen LogP contribution in [-0.2, 0) is 7.05 Å². The van der Waals surface area contributed by atoms with Crippen LogP contribution in [0.1, 0.15) is 5.56 Å². The van der Waals surface area contributed by atoms with Crippen LogP contribution in [0.5, 0.6) is 0 Å². The monoisotopic (exact) mass is 340 g/mol. The highest BCUT2D eigenvalue weighted by Gasteiger charge is 2.13. The molecule has 126 valence electrons. The summed E-state index contributed by atoms with van der Waals surface area (Å²) in [5.41, 5.74) is 4.11. The van der Waals surface area contributed by atoms with Crippen LogP contribution in [0.4, 0.5) is 0 Å². The maximum absolute atomic E-state index is 13.1. The number of benzene rings is 3. The van der Waals surface area contributed by atoms with E-state index in [4.69, 9.17) is 0 Å². The van der Waals surface area contributed by atoms with Crippen LogP contribution >= 0.6 is 0 Å². The number of nitrogens with zero attached hydrogens (tertiary/aromatic N) is 1. The molecule has 0 aliphatic carbocycles. The molecule has 0 saturated carbocycles. The molecule has 4 heteroatoms. The topological polar surface area (TPSA) is 54.9 Å². The van der Waals surface area contributed by atoms with Crippen molar-refractivity contribution in [2.45, 2.75) is 6.92 Å². The van der Waals surface area contributed by atoms with Gasteiger partial charge in [0.25, 0.3) is 0 Å². The highest BCUT2D eigenvalue weighted by atomic mass is 16.1. The molecule has 3 aromatic carbocycles. The van der Waals surface area contributed by atoms with E-state index in [1.807, 2.05) is 73.1 Å². The molecule has 2 heterocycles. The second-order valence-corrected chi connectivity index (χ2v) is 6.82. The highest BCUT2D eigenvalue weighted by Crippen LogP contribution is 2.23. The highest BCUT2D eigenvalue weighted by molar-refractivity contribution is 6.03. The van der Waals surface area contributed by atoms with Crippen molar-refractivity contribution in [2.24, 2.45) is 7.05 Å². The normalized spacial score (nSPS) is 11.8. The van der Waals surface area contributed by atoms with Gasteiger partial charge in [-0.05, 0) is 43.3 Å². The first-order valence-corrected chi connectivity index (χ1v) is 8.52. The maximum atomic E-state index is 13.1. The molecule has 26 heavy (non-hydrogen) atoms. The molecule has 0 aliphatic rings. The van der Waals surface area contributed by atoms with E-state index in [0.717, 1.165) is 22.1 Å². The minimum Gasteiger partial charge on any atom is -0.354 e. The van der Waals surface area contributed by atoms with Crippen LogP contribution in [0.2, 0.25) is 0 Å². The average Bonchev–Trinajstić information content (AvgIpc) is 2.65. The van der Waals surface area contributed by atoms with Crippen molar-refractivity contribution in [2.75, 3.05) is 0 Å². The largest absolute Gasteiger partial charge is 0.354 e. The molecule has 0 atom stereocenters. The first-order chi connectivity index (χ1) is 12.5. The number of pyridine rings is 2. The van der Waals surface area contributed by atoms with E-state index in [1.165, 1.54) is 0 Å². The third kappa shape index (κ3) is 1.90. The van der Waals surface area contributed by atoms with Crippen LogP contribution < -0.4 is 10.9 Å². The number of H-pyrrole nitrogens is 1. The van der Waals surface area contributed by atoms with Crippen molar-refractivity contribution in [1.29, 1.82) is 0 Å². The molecule has 5 rings (SSSR count). The minimum absolute atomic E-state index is 0.00675. The quantitative estimate of drug-likeness (QED) is 0.433. The molecule has 4 nitrogen and oxygen atoms in total. The number of aromatic nitrogens is 2. The molecular formula is C22H16N2O2. The van der Waals surface area contributed by atoms with Crippen LogP contribution in [0.15, 0.2) is 64.2 Å². The van der Waals surface area contributed by atoms with Crippen LogP contribution in [0.3, 0.4) is 0 Å². The minimum atomic E-state index is -0.0206. The summed E-state index contributed by atoms with van der Waals surface area (Å²) in [5, 5.41) is 2.56. The summed E-state index contributed by atoms with van der Waals surface area (Å²) in [4.78, 5) is 29.3. The average molecular weight is 340 g/mol. The smallest absolute Gasteiger partial charge is 0.197 e. The van der Waals surface area contributed by atoms with E-state index < -0.39 is 0 Å². The number of para-hydroxylation sites is 1. The Morgan fingerprint density at radius 3 is 2.31 bits per heavy atom. The third-order valence-corrected chi connectivity index (χ3v) is 5.19. The Hall–Kier alpha value is -3.40. The van der Waals surface area contributed by atoms with E-state index >= 15 is 0 Å². The molecular weight excluding hydrogens is 324 g/mol. The van der Waals surface area contributed by atoms with Crippen LogP contribution in [0, 0.1) is 6.92 Å². The summed E-state index contributed by atoms with van der Waals surface area (Å²) >= 11 is 0. The fourth-order valence-electron chi connectivity index (χ4n) is 3.82. The fraction of sp³-hybridized carbons (Fsp3) is 0.0909. The van der Waals surface area contributed by atoms with Crippen molar-refractivity contribution in [1.82, 2.24) is 9.55 Å². The molecule has 0 unspecified atom stereocenters. The molecule has 2 aromatic heterocycles. The number of aryl methyl sites for hydroxylation is 2. The van der Waals surface area contributed by atoms with Gasteiger partial charge in [-0.1, -0.05) is 23.8 Å². The molecule has 0 saturated heterocycles. The van der Waals surface area contributed by atoms with Gasteiger partial charge in [-0.25, -0.2) is 0 Å². The van der Waals surface area contributed by atoms with Crippen molar-refractivity contribution in [3.63, 3.8) is 0 Å². The molecule has 0 spiro atoms. The van der Waals surface area contributed by atoms with Crippen molar-refractivity contribution in [3.8, 4) is 0 Å². The van der Waals surface area contributed by atoms with Gasteiger partial charge in [-0.15, -0.1) is 0 Å². The zero-order valence-electron chi connectivity index (χ0n) is 14.5. The number of hydrogen-bond donors (Lipinski definition) is 1. The van der Waals surface area contributed by atoms with Gasteiger partial charge in [-0.2, -0.15) is 0 Å². The standard InChI is InChI=1S/C22H16N2O2/c1-12-7-8-19-15(9-12)22(26)16-10-18-14(11-20(16)24(19)2)21(25)13-5-3-4-6-17(13)23-18/h3-11H,1-2H3,(H,23,25). The molecule has 0 bridgehead atoms. The summed E-state index contributed by atoms with van der Waals surface area (Å²) in [6.07, 6.45) is 0. The Kier molecular flexibility index (Phi) is 2.89. The van der Waals surface area contributed by atoms with Gasteiger partial charge in [0.1, 0.15) is 0 Å². The number of nitrogens with one attached hydrogen (secondary N) is 1. The molecule has 1 N–H and O–H groups in total. The van der Waals surface area contributed by atoms with Crippen molar-refractivity contribution >= 4 is 43.6 Å². The Labute approximate surface area is 148 Å². The van der Waals surface area contributed by atoms with Gasteiger partial charge in [0.05, 0.1) is 16.6 Å².